The van der Waals surface area contributed by atoms with E-state index in [-0.39, 0.29) is 16.7 Å². The number of benzene rings is 2. The van der Waals surface area contributed by atoms with E-state index in [4.69, 9.17) is 0 Å². The number of aromatic amines is 2. The second-order valence-electron chi connectivity index (χ2n) is 6.26. The first-order valence-electron chi connectivity index (χ1n) is 8.30. The number of ketones is 1. The SMILES string of the molecule is Cc1cc(SC(C)C(=O)c2ccc3[nH]c(=O)[nH]c3c2)nc2ccccc12. The van der Waals surface area contributed by atoms with Gasteiger partial charge in [-0.05, 0) is 49.7 Å². The summed E-state index contributed by atoms with van der Waals surface area (Å²) >= 11 is 1.45. The molecule has 2 N–H and O–H groups in total. The van der Waals surface area contributed by atoms with Crippen molar-refractivity contribution in [3.8, 4) is 0 Å². The second kappa shape index (κ2) is 6.46. The van der Waals surface area contributed by atoms with Crippen molar-refractivity contribution in [2.75, 3.05) is 0 Å². The van der Waals surface area contributed by atoms with Crippen LogP contribution < -0.4 is 5.69 Å². The summed E-state index contributed by atoms with van der Waals surface area (Å²) in [4.78, 5) is 34.2. The number of aromatic nitrogens is 3. The smallest absolute Gasteiger partial charge is 0.306 e. The highest BCUT2D eigenvalue weighted by atomic mass is 32.2. The van der Waals surface area contributed by atoms with E-state index >= 15 is 0 Å². The molecule has 0 fully saturated rings. The number of hydrogen-bond acceptors (Lipinski definition) is 4. The molecule has 0 amide bonds. The molecule has 130 valence electrons. The van der Waals surface area contributed by atoms with Crippen molar-refractivity contribution in [2.45, 2.75) is 24.1 Å². The standard InChI is InChI=1S/C20H17N3O2S/c1-11-9-18(21-15-6-4-3-5-14(11)15)26-12(2)19(24)13-7-8-16-17(10-13)23-20(25)22-16/h3-10,12H,1-2H3,(H2,22,23,25). The number of thioether (sulfide) groups is 1. The fourth-order valence-electron chi connectivity index (χ4n) is 3.03. The lowest BCUT2D eigenvalue weighted by molar-refractivity contribution is 0.0994. The Hall–Kier alpha value is -2.86. The minimum absolute atomic E-state index is 0.00607. The van der Waals surface area contributed by atoms with Gasteiger partial charge in [0.05, 0.1) is 26.8 Å². The number of rotatable bonds is 4. The Morgan fingerprint density at radius 3 is 2.69 bits per heavy atom. The maximum atomic E-state index is 12.8. The van der Waals surface area contributed by atoms with Crippen LogP contribution in [0.1, 0.15) is 22.8 Å². The maximum Gasteiger partial charge on any atom is 0.323 e. The van der Waals surface area contributed by atoms with Crippen LogP contribution in [-0.4, -0.2) is 26.0 Å². The summed E-state index contributed by atoms with van der Waals surface area (Å²) in [6.07, 6.45) is 0. The van der Waals surface area contributed by atoms with Gasteiger partial charge in [0.1, 0.15) is 0 Å². The Kier molecular flexibility index (Phi) is 4.12. The number of fused-ring (bicyclic) bond motifs is 2. The summed E-state index contributed by atoms with van der Waals surface area (Å²) < 4.78 is 0. The highest BCUT2D eigenvalue weighted by Crippen LogP contribution is 2.28. The molecule has 6 heteroatoms. The Morgan fingerprint density at radius 1 is 1.08 bits per heavy atom. The number of imidazole rings is 1. The first kappa shape index (κ1) is 16.6. The first-order chi connectivity index (χ1) is 12.5. The lowest BCUT2D eigenvalue weighted by atomic mass is 10.1. The van der Waals surface area contributed by atoms with Crippen LogP contribution in [0.2, 0.25) is 0 Å². The fourth-order valence-corrected chi connectivity index (χ4v) is 4.04. The summed E-state index contributed by atoms with van der Waals surface area (Å²) in [5.41, 5.74) is 3.70. The van der Waals surface area contributed by atoms with Gasteiger partial charge in [-0.1, -0.05) is 30.0 Å². The average molecular weight is 363 g/mol. The molecule has 0 aliphatic rings. The molecule has 0 aliphatic carbocycles. The number of Topliss-reactive ketones (excluding diaryl/α,β-unsaturated/α-hetero) is 1. The van der Waals surface area contributed by atoms with Crippen LogP contribution in [0.5, 0.6) is 0 Å². The zero-order valence-corrected chi connectivity index (χ0v) is 15.2. The molecule has 1 unspecified atom stereocenters. The summed E-state index contributed by atoms with van der Waals surface area (Å²) in [7, 11) is 0. The number of carbonyl (C=O) groups excluding carboxylic acids is 1. The Morgan fingerprint density at radius 2 is 1.85 bits per heavy atom. The van der Waals surface area contributed by atoms with E-state index < -0.39 is 0 Å². The van der Waals surface area contributed by atoms with Gasteiger partial charge in [-0.2, -0.15) is 0 Å². The highest BCUT2D eigenvalue weighted by Gasteiger charge is 2.18. The largest absolute Gasteiger partial charge is 0.323 e. The second-order valence-corrected chi connectivity index (χ2v) is 7.62. The molecule has 2 aromatic heterocycles. The van der Waals surface area contributed by atoms with Gasteiger partial charge in [0.25, 0.3) is 0 Å². The van der Waals surface area contributed by atoms with Crippen LogP contribution in [-0.2, 0) is 0 Å². The molecule has 0 aliphatic heterocycles. The van der Waals surface area contributed by atoms with E-state index in [2.05, 4.69) is 21.9 Å². The van der Waals surface area contributed by atoms with Crippen molar-refractivity contribution >= 4 is 39.5 Å². The molecule has 26 heavy (non-hydrogen) atoms. The third-order valence-electron chi connectivity index (χ3n) is 4.37. The maximum absolute atomic E-state index is 12.8. The predicted octanol–water partition coefficient (Wildman–Crippen LogP) is 4.08. The number of pyridine rings is 1. The van der Waals surface area contributed by atoms with Crippen molar-refractivity contribution in [1.29, 1.82) is 0 Å². The monoisotopic (exact) mass is 363 g/mol. The zero-order chi connectivity index (χ0) is 18.3. The molecular weight excluding hydrogens is 346 g/mol. The van der Waals surface area contributed by atoms with Gasteiger partial charge in [0, 0.05) is 10.9 Å². The molecule has 4 aromatic rings. The minimum Gasteiger partial charge on any atom is -0.306 e. The lowest BCUT2D eigenvalue weighted by Crippen LogP contribution is -2.13. The van der Waals surface area contributed by atoms with Crippen LogP contribution >= 0.6 is 11.8 Å². The number of H-pyrrole nitrogens is 2. The number of nitrogens with zero attached hydrogens (tertiary/aromatic N) is 1. The van der Waals surface area contributed by atoms with E-state index in [0.717, 1.165) is 21.5 Å². The van der Waals surface area contributed by atoms with Gasteiger partial charge in [-0.25, -0.2) is 9.78 Å². The summed E-state index contributed by atoms with van der Waals surface area (Å²) in [6.45, 7) is 3.93. The third-order valence-corrected chi connectivity index (χ3v) is 5.39. The Bertz CT molecular complexity index is 1190. The van der Waals surface area contributed by atoms with E-state index in [1.165, 1.54) is 11.8 Å². The van der Waals surface area contributed by atoms with Crippen molar-refractivity contribution in [1.82, 2.24) is 15.0 Å². The topological polar surface area (TPSA) is 78.6 Å². The highest BCUT2D eigenvalue weighted by molar-refractivity contribution is 8.00. The number of hydrogen-bond donors (Lipinski definition) is 2. The molecule has 0 radical (unpaired) electrons. The molecule has 0 saturated heterocycles. The van der Waals surface area contributed by atoms with Crippen LogP contribution in [0.15, 0.2) is 58.4 Å². The van der Waals surface area contributed by atoms with E-state index in [1.54, 1.807) is 18.2 Å². The molecule has 0 spiro atoms. The molecule has 4 rings (SSSR count). The number of aryl methyl sites for hydroxylation is 1. The number of carbonyl (C=O) groups is 1. The van der Waals surface area contributed by atoms with Crippen molar-refractivity contribution in [3.63, 3.8) is 0 Å². The van der Waals surface area contributed by atoms with Crippen molar-refractivity contribution in [3.05, 3.63) is 70.1 Å². The summed E-state index contributed by atoms with van der Waals surface area (Å²) in [5.74, 6) is 0.00607. The third kappa shape index (κ3) is 3.04. The molecule has 0 bridgehead atoms. The summed E-state index contributed by atoms with van der Waals surface area (Å²) in [6, 6.07) is 15.2. The first-order valence-corrected chi connectivity index (χ1v) is 9.18. The average Bonchev–Trinajstić information content (AvgIpc) is 3.00. The zero-order valence-electron chi connectivity index (χ0n) is 14.4. The van der Waals surface area contributed by atoms with Crippen LogP contribution in [0, 0.1) is 6.92 Å². The lowest BCUT2D eigenvalue weighted by Gasteiger charge is -2.11. The van der Waals surface area contributed by atoms with Gasteiger partial charge >= 0.3 is 5.69 Å². The van der Waals surface area contributed by atoms with Gasteiger partial charge in [-0.15, -0.1) is 0 Å². The molecule has 5 nitrogen and oxygen atoms in total. The number of para-hydroxylation sites is 1. The van der Waals surface area contributed by atoms with Crippen molar-refractivity contribution < 1.29 is 4.79 Å². The predicted molar refractivity (Wildman–Crippen MR) is 105 cm³/mol. The Labute approximate surface area is 153 Å². The van der Waals surface area contributed by atoms with Crippen LogP contribution in [0.25, 0.3) is 21.9 Å². The van der Waals surface area contributed by atoms with Gasteiger partial charge in [0.15, 0.2) is 5.78 Å². The normalized spacial score (nSPS) is 12.5. The fraction of sp³-hybridized carbons (Fsp3) is 0.150. The molecule has 0 saturated carbocycles. The van der Waals surface area contributed by atoms with Gasteiger partial charge < -0.3 is 9.97 Å². The van der Waals surface area contributed by atoms with E-state index in [0.29, 0.717) is 16.6 Å². The van der Waals surface area contributed by atoms with Crippen LogP contribution in [0.3, 0.4) is 0 Å². The molecule has 2 aromatic carbocycles. The quantitative estimate of drug-likeness (QED) is 0.423. The van der Waals surface area contributed by atoms with E-state index in [9.17, 15) is 9.59 Å². The summed E-state index contributed by atoms with van der Waals surface area (Å²) in [5, 5.41) is 1.67. The molecule has 1 atom stereocenters. The molecule has 2 heterocycles. The molecular formula is C20H17N3O2S. The van der Waals surface area contributed by atoms with Crippen LogP contribution in [0.4, 0.5) is 0 Å². The van der Waals surface area contributed by atoms with Gasteiger partial charge in [0.2, 0.25) is 0 Å². The van der Waals surface area contributed by atoms with Gasteiger partial charge in [-0.3, -0.25) is 4.79 Å². The number of nitrogens with one attached hydrogen (secondary N) is 2. The van der Waals surface area contributed by atoms with E-state index in [1.807, 2.05) is 37.3 Å². The van der Waals surface area contributed by atoms with Crippen molar-refractivity contribution in [2.24, 2.45) is 0 Å². The Balaban J connectivity index is 1.61. The minimum atomic E-state index is -0.286.